The lowest BCUT2D eigenvalue weighted by atomic mass is 9.70. The average molecular weight is 277 g/mol. The van der Waals surface area contributed by atoms with Crippen molar-refractivity contribution >= 4 is 5.69 Å². The van der Waals surface area contributed by atoms with Gasteiger partial charge >= 0.3 is 0 Å². The Morgan fingerprint density at radius 2 is 2.15 bits per heavy atom. The molecule has 4 heteroatoms. The second-order valence-corrected chi connectivity index (χ2v) is 6.15. The Morgan fingerprint density at radius 3 is 2.75 bits per heavy atom. The molecule has 0 bridgehead atoms. The van der Waals surface area contributed by atoms with Gasteiger partial charge in [0.1, 0.15) is 0 Å². The zero-order valence-corrected chi connectivity index (χ0v) is 13.0. The number of pyridine rings is 1. The molecule has 20 heavy (non-hydrogen) atoms. The Morgan fingerprint density at radius 1 is 1.40 bits per heavy atom. The van der Waals surface area contributed by atoms with Gasteiger partial charge in [-0.25, -0.2) is 0 Å². The van der Waals surface area contributed by atoms with Crippen LogP contribution in [0.3, 0.4) is 0 Å². The van der Waals surface area contributed by atoms with E-state index in [4.69, 9.17) is 10.5 Å². The number of anilines is 1. The number of nitrogens with zero attached hydrogens (tertiary/aromatic N) is 1. The Balaban J connectivity index is 2.26. The molecule has 0 amide bonds. The van der Waals surface area contributed by atoms with Crippen LogP contribution in [0.5, 0.6) is 0 Å². The Kier molecular flexibility index (Phi) is 5.00. The summed E-state index contributed by atoms with van der Waals surface area (Å²) in [5.74, 6) is 1.56. The zero-order valence-electron chi connectivity index (χ0n) is 13.0. The molecule has 2 rings (SSSR count). The van der Waals surface area contributed by atoms with Gasteiger partial charge in [-0.15, -0.1) is 0 Å². The summed E-state index contributed by atoms with van der Waals surface area (Å²) in [4.78, 5) is 4.20. The van der Waals surface area contributed by atoms with Crippen LogP contribution < -0.4 is 11.1 Å². The third-order valence-corrected chi connectivity index (χ3v) is 4.65. The monoisotopic (exact) mass is 277 g/mol. The van der Waals surface area contributed by atoms with Gasteiger partial charge < -0.3 is 15.8 Å². The quantitative estimate of drug-likeness (QED) is 0.888. The fraction of sp³-hybridized carbons (Fsp3) is 0.688. The molecule has 1 saturated carbocycles. The van der Waals surface area contributed by atoms with Crippen LogP contribution in [-0.2, 0) is 4.74 Å². The van der Waals surface area contributed by atoms with Gasteiger partial charge in [0.2, 0.25) is 0 Å². The third-order valence-electron chi connectivity index (χ3n) is 4.65. The average Bonchev–Trinajstić information content (AvgIpc) is 2.46. The van der Waals surface area contributed by atoms with Gasteiger partial charge in [0.25, 0.3) is 0 Å². The summed E-state index contributed by atoms with van der Waals surface area (Å²) >= 11 is 0. The molecule has 1 aliphatic carbocycles. The van der Waals surface area contributed by atoms with Crippen LogP contribution in [0.2, 0.25) is 0 Å². The zero-order chi connectivity index (χ0) is 14.7. The number of rotatable bonds is 4. The van der Waals surface area contributed by atoms with Gasteiger partial charge in [-0.3, -0.25) is 4.98 Å². The van der Waals surface area contributed by atoms with E-state index in [9.17, 15) is 0 Å². The van der Waals surface area contributed by atoms with Crippen molar-refractivity contribution in [2.45, 2.75) is 44.8 Å². The van der Waals surface area contributed by atoms with Crippen molar-refractivity contribution in [2.24, 2.45) is 17.6 Å². The molecule has 4 nitrogen and oxygen atoms in total. The summed E-state index contributed by atoms with van der Waals surface area (Å²) < 4.78 is 5.67. The minimum Gasteiger partial charge on any atom is -0.387 e. The molecule has 0 spiro atoms. The number of aromatic nitrogens is 1. The van der Waals surface area contributed by atoms with Crippen molar-refractivity contribution in [3.8, 4) is 0 Å². The van der Waals surface area contributed by atoms with Gasteiger partial charge in [0.15, 0.2) is 0 Å². The summed E-state index contributed by atoms with van der Waals surface area (Å²) in [6.45, 7) is 4.52. The summed E-state index contributed by atoms with van der Waals surface area (Å²) in [7, 11) is 3.73. The number of ether oxygens (including phenoxy) is 1. The maximum atomic E-state index is 6.38. The lowest BCUT2D eigenvalue weighted by Crippen LogP contribution is -2.48. The molecular weight excluding hydrogens is 250 g/mol. The summed E-state index contributed by atoms with van der Waals surface area (Å²) in [5.41, 5.74) is 8.82. The number of methoxy groups -OCH3 is 1. The fourth-order valence-electron chi connectivity index (χ4n) is 3.56. The molecule has 1 aromatic heterocycles. The van der Waals surface area contributed by atoms with E-state index in [0.29, 0.717) is 17.8 Å². The molecule has 3 unspecified atom stereocenters. The highest BCUT2D eigenvalue weighted by atomic mass is 16.5. The highest BCUT2D eigenvalue weighted by Crippen LogP contribution is 2.41. The van der Waals surface area contributed by atoms with E-state index < -0.39 is 0 Å². The first-order valence-electron chi connectivity index (χ1n) is 7.48. The maximum absolute atomic E-state index is 6.38. The van der Waals surface area contributed by atoms with E-state index in [-0.39, 0.29) is 12.1 Å². The van der Waals surface area contributed by atoms with Crippen molar-refractivity contribution in [3.63, 3.8) is 0 Å². The molecule has 0 aromatic carbocycles. The first-order valence-corrected chi connectivity index (χ1v) is 7.48. The Labute approximate surface area is 122 Å². The lowest BCUT2D eigenvalue weighted by Gasteiger charge is -2.42. The minimum atomic E-state index is 0.101. The van der Waals surface area contributed by atoms with Crippen molar-refractivity contribution in [1.29, 1.82) is 0 Å². The van der Waals surface area contributed by atoms with E-state index in [0.717, 1.165) is 18.5 Å². The van der Waals surface area contributed by atoms with Crippen LogP contribution in [0.1, 0.15) is 38.2 Å². The van der Waals surface area contributed by atoms with Gasteiger partial charge in [-0.2, -0.15) is 0 Å². The number of nitrogens with two attached hydrogens (primary N) is 1. The van der Waals surface area contributed by atoms with Gasteiger partial charge in [0.05, 0.1) is 18.0 Å². The van der Waals surface area contributed by atoms with Crippen LogP contribution in [0.15, 0.2) is 18.5 Å². The molecule has 1 aromatic rings. The fourth-order valence-corrected chi connectivity index (χ4v) is 3.56. The van der Waals surface area contributed by atoms with Crippen LogP contribution >= 0.6 is 0 Å². The molecule has 4 atom stereocenters. The number of nitrogens with one attached hydrogen (secondary N) is 1. The predicted molar refractivity (Wildman–Crippen MR) is 82.9 cm³/mol. The van der Waals surface area contributed by atoms with Gasteiger partial charge in [-0.05, 0) is 42.2 Å². The molecule has 1 fully saturated rings. The molecule has 112 valence electrons. The normalized spacial score (nSPS) is 30.5. The molecule has 0 radical (unpaired) electrons. The molecule has 1 heterocycles. The summed E-state index contributed by atoms with van der Waals surface area (Å²) in [6, 6.07) is 2.22. The predicted octanol–water partition coefficient (Wildman–Crippen LogP) is 2.62. The van der Waals surface area contributed by atoms with Crippen LogP contribution in [0, 0.1) is 11.8 Å². The van der Waals surface area contributed by atoms with E-state index in [1.54, 1.807) is 7.11 Å². The third kappa shape index (κ3) is 2.96. The van der Waals surface area contributed by atoms with Crippen LogP contribution in [-0.4, -0.2) is 31.3 Å². The largest absolute Gasteiger partial charge is 0.387 e. The molecular formula is C16H27N3O. The second-order valence-electron chi connectivity index (χ2n) is 6.15. The van der Waals surface area contributed by atoms with Crippen molar-refractivity contribution in [1.82, 2.24) is 4.98 Å². The second kappa shape index (κ2) is 6.55. The van der Waals surface area contributed by atoms with Gasteiger partial charge in [0, 0.05) is 26.4 Å². The first kappa shape index (κ1) is 15.3. The first-order chi connectivity index (χ1) is 9.58. The van der Waals surface area contributed by atoms with Crippen LogP contribution in [0.25, 0.3) is 0 Å². The number of hydrogen-bond acceptors (Lipinski definition) is 4. The molecule has 3 N–H and O–H groups in total. The maximum Gasteiger partial charge on any atom is 0.0753 e. The van der Waals surface area contributed by atoms with Crippen LogP contribution in [0.4, 0.5) is 5.69 Å². The smallest absolute Gasteiger partial charge is 0.0753 e. The van der Waals surface area contributed by atoms with E-state index in [1.165, 1.54) is 5.56 Å². The standard InChI is InChI=1S/C16H27N3O/c1-10(2)13-7-11(8-14(17)16(13)20-4)12-5-6-19-9-15(12)18-3/h5-6,9-11,13-14,16,18H,7-8,17H2,1-4H3/t11?,13-,14?,16?/m1/s1. The van der Waals surface area contributed by atoms with Gasteiger partial charge in [-0.1, -0.05) is 13.8 Å². The summed E-state index contributed by atoms with van der Waals surface area (Å²) in [6.07, 6.45) is 6.04. The molecule has 1 aliphatic rings. The van der Waals surface area contributed by atoms with Crippen molar-refractivity contribution < 1.29 is 4.74 Å². The van der Waals surface area contributed by atoms with Crippen molar-refractivity contribution in [3.05, 3.63) is 24.0 Å². The lowest BCUT2D eigenvalue weighted by molar-refractivity contribution is -0.0146. The van der Waals surface area contributed by atoms with Crippen molar-refractivity contribution in [2.75, 3.05) is 19.5 Å². The van der Waals surface area contributed by atoms with E-state index in [2.05, 4.69) is 30.2 Å². The number of hydrogen-bond donors (Lipinski definition) is 2. The Hall–Kier alpha value is -1.13. The molecule has 0 saturated heterocycles. The topological polar surface area (TPSA) is 60.2 Å². The Bertz CT molecular complexity index is 435. The summed E-state index contributed by atoms with van der Waals surface area (Å²) in [5, 5.41) is 3.24. The molecule has 0 aliphatic heterocycles. The van der Waals surface area contributed by atoms with E-state index in [1.807, 2.05) is 19.4 Å². The van der Waals surface area contributed by atoms with E-state index >= 15 is 0 Å². The minimum absolute atomic E-state index is 0.101. The highest BCUT2D eigenvalue weighted by molar-refractivity contribution is 5.50. The SMILES string of the molecule is CNc1cnccc1C1CC(N)C(OC)[C@@H](C(C)C)C1. The highest BCUT2D eigenvalue weighted by Gasteiger charge is 2.38.